The van der Waals surface area contributed by atoms with E-state index in [4.69, 9.17) is 4.74 Å². The molecular weight excluding hydrogens is 334 g/mol. The van der Waals surface area contributed by atoms with Crippen LogP contribution in [-0.4, -0.2) is 18.9 Å². The van der Waals surface area contributed by atoms with Crippen LogP contribution in [0.5, 0.6) is 0 Å². The minimum Gasteiger partial charge on any atom is -0.377 e. The fourth-order valence-electron chi connectivity index (χ4n) is 3.50. The molecule has 0 aliphatic heterocycles. The Labute approximate surface area is 148 Å². The Balaban J connectivity index is 1.64. The molecule has 0 aromatic heterocycles. The van der Waals surface area contributed by atoms with Gasteiger partial charge in [0.25, 0.3) is 0 Å². The molecule has 0 aliphatic carbocycles. The van der Waals surface area contributed by atoms with E-state index in [1.54, 1.807) is 0 Å². The van der Waals surface area contributed by atoms with Crippen molar-refractivity contribution in [3.8, 4) is 0 Å². The fraction of sp³-hybridized carbons (Fsp3) is 0.238. The van der Waals surface area contributed by atoms with E-state index in [-0.39, 0.29) is 12.3 Å². The first-order chi connectivity index (χ1) is 12.3. The van der Waals surface area contributed by atoms with E-state index in [1.807, 2.05) is 0 Å². The summed E-state index contributed by atoms with van der Waals surface area (Å²) in [7, 11) is 2.58. The SMILES string of the molecule is FOCC(P)CCOCc1ccc2ccc3cccc4ccc1c2c34. The van der Waals surface area contributed by atoms with Crippen molar-refractivity contribution in [1.29, 1.82) is 0 Å². The van der Waals surface area contributed by atoms with Crippen LogP contribution in [0.1, 0.15) is 12.0 Å². The Morgan fingerprint density at radius 1 is 0.880 bits per heavy atom. The molecule has 0 bridgehead atoms. The van der Waals surface area contributed by atoms with E-state index in [0.29, 0.717) is 13.2 Å². The molecule has 0 heterocycles. The van der Waals surface area contributed by atoms with E-state index in [1.165, 1.54) is 37.9 Å². The van der Waals surface area contributed by atoms with Gasteiger partial charge in [0.05, 0.1) is 13.2 Å². The van der Waals surface area contributed by atoms with Crippen molar-refractivity contribution >= 4 is 41.6 Å². The van der Waals surface area contributed by atoms with Gasteiger partial charge in [-0.2, -0.15) is 4.94 Å². The molecule has 0 amide bonds. The lowest BCUT2D eigenvalue weighted by Gasteiger charge is -2.14. The molecule has 2 atom stereocenters. The van der Waals surface area contributed by atoms with Crippen LogP contribution in [-0.2, 0) is 16.3 Å². The summed E-state index contributed by atoms with van der Waals surface area (Å²) < 4.78 is 17.7. The number of ether oxygens (including phenoxy) is 1. The molecule has 0 N–H and O–H groups in total. The number of hydrogen-bond donors (Lipinski definition) is 0. The molecule has 0 saturated carbocycles. The van der Waals surface area contributed by atoms with Gasteiger partial charge in [0.15, 0.2) is 0 Å². The number of hydrogen-bond acceptors (Lipinski definition) is 2. The van der Waals surface area contributed by atoms with Gasteiger partial charge in [0.1, 0.15) is 0 Å². The molecule has 4 rings (SSSR count). The third-order valence-corrected chi connectivity index (χ3v) is 5.31. The molecule has 0 fully saturated rings. The van der Waals surface area contributed by atoms with Crippen molar-refractivity contribution in [2.75, 3.05) is 13.2 Å². The minimum absolute atomic E-state index is 0.0753. The summed E-state index contributed by atoms with van der Waals surface area (Å²) in [6.45, 7) is 1.23. The average molecular weight is 354 g/mol. The van der Waals surface area contributed by atoms with Gasteiger partial charge in [-0.1, -0.05) is 54.6 Å². The van der Waals surface area contributed by atoms with Gasteiger partial charge in [-0.25, -0.2) is 0 Å². The second-order valence-corrected chi connectivity index (χ2v) is 7.40. The van der Waals surface area contributed by atoms with Crippen LogP contribution in [0, 0.1) is 0 Å². The van der Waals surface area contributed by atoms with Crippen LogP contribution in [0.3, 0.4) is 0 Å². The second-order valence-electron chi connectivity index (χ2n) is 6.46. The topological polar surface area (TPSA) is 18.5 Å². The van der Waals surface area contributed by atoms with Crippen LogP contribution < -0.4 is 0 Å². The largest absolute Gasteiger partial charge is 0.377 e. The first-order valence-corrected chi connectivity index (χ1v) is 9.17. The summed E-state index contributed by atoms with van der Waals surface area (Å²) in [5, 5.41) is 7.68. The summed E-state index contributed by atoms with van der Waals surface area (Å²) in [6.07, 6.45) is 0.750. The number of benzene rings is 4. The summed E-state index contributed by atoms with van der Waals surface area (Å²) in [4.78, 5) is 3.67. The molecule has 0 saturated heterocycles. The zero-order valence-corrected chi connectivity index (χ0v) is 15.0. The van der Waals surface area contributed by atoms with Crippen LogP contribution in [0.2, 0.25) is 0 Å². The van der Waals surface area contributed by atoms with Gasteiger partial charge in [0.2, 0.25) is 0 Å². The normalized spacial score (nSPS) is 13.2. The van der Waals surface area contributed by atoms with Crippen molar-refractivity contribution in [1.82, 2.24) is 0 Å². The molecule has 4 aromatic rings. The molecule has 4 aromatic carbocycles. The highest BCUT2D eigenvalue weighted by atomic mass is 31.0. The van der Waals surface area contributed by atoms with Gasteiger partial charge in [-0.05, 0) is 48.8 Å². The van der Waals surface area contributed by atoms with E-state index in [0.717, 1.165) is 6.42 Å². The van der Waals surface area contributed by atoms with E-state index in [9.17, 15) is 4.53 Å². The summed E-state index contributed by atoms with van der Waals surface area (Å²) in [5.74, 6) is 0. The molecule has 0 aliphatic rings. The number of rotatable bonds is 7. The van der Waals surface area contributed by atoms with Gasteiger partial charge in [-0.15, -0.1) is 9.24 Å². The lowest BCUT2D eigenvalue weighted by molar-refractivity contribution is -0.132. The molecule has 2 unspecified atom stereocenters. The monoisotopic (exact) mass is 354 g/mol. The Hall–Kier alpha value is -1.80. The quantitative estimate of drug-likeness (QED) is 0.243. The molecule has 2 nitrogen and oxygen atoms in total. The Kier molecular flexibility index (Phi) is 4.80. The number of halogens is 1. The zero-order valence-electron chi connectivity index (χ0n) is 13.9. The highest BCUT2D eigenvalue weighted by Gasteiger charge is 2.11. The molecular formula is C21H20FO2P. The lowest BCUT2D eigenvalue weighted by atomic mass is 9.92. The van der Waals surface area contributed by atoms with Crippen molar-refractivity contribution < 1.29 is 14.2 Å². The fourth-order valence-corrected chi connectivity index (χ4v) is 3.71. The Bertz CT molecular complexity index is 985. The molecule has 4 heteroatoms. The van der Waals surface area contributed by atoms with Crippen molar-refractivity contribution in [3.63, 3.8) is 0 Å². The maximum Gasteiger partial charge on any atom is 0.0939 e. The van der Waals surface area contributed by atoms with Crippen molar-refractivity contribution in [3.05, 3.63) is 60.2 Å². The first-order valence-electron chi connectivity index (χ1n) is 8.50. The lowest BCUT2D eigenvalue weighted by Crippen LogP contribution is -2.09. The highest BCUT2D eigenvalue weighted by molar-refractivity contribution is 7.17. The second kappa shape index (κ2) is 7.21. The highest BCUT2D eigenvalue weighted by Crippen LogP contribution is 2.36. The van der Waals surface area contributed by atoms with Crippen LogP contribution in [0.25, 0.3) is 32.3 Å². The summed E-state index contributed by atoms with van der Waals surface area (Å²) in [6, 6.07) is 19.5. The van der Waals surface area contributed by atoms with Gasteiger partial charge < -0.3 is 4.74 Å². The zero-order chi connectivity index (χ0) is 17.2. The van der Waals surface area contributed by atoms with Crippen LogP contribution in [0.15, 0.2) is 54.6 Å². The molecule has 128 valence electrons. The predicted molar refractivity (Wildman–Crippen MR) is 105 cm³/mol. The first kappa shape index (κ1) is 16.7. The minimum atomic E-state index is 0.0753. The Morgan fingerprint density at radius 3 is 2.32 bits per heavy atom. The smallest absolute Gasteiger partial charge is 0.0939 e. The van der Waals surface area contributed by atoms with Gasteiger partial charge in [-0.3, -0.25) is 0 Å². The van der Waals surface area contributed by atoms with Crippen molar-refractivity contribution in [2.24, 2.45) is 0 Å². The Morgan fingerprint density at radius 2 is 1.56 bits per heavy atom. The van der Waals surface area contributed by atoms with Crippen LogP contribution in [0.4, 0.5) is 4.53 Å². The average Bonchev–Trinajstić information content (AvgIpc) is 2.64. The third-order valence-electron chi connectivity index (χ3n) is 4.79. The van der Waals surface area contributed by atoms with E-state index < -0.39 is 0 Å². The standard InChI is InChI=1S/C21H20FO2P/c22-24-13-18(25)10-11-23-12-17-7-6-16-5-4-14-2-1-3-15-8-9-19(17)21(16)20(14)15/h1-9,18H,10-13,25H2. The molecule has 0 spiro atoms. The van der Waals surface area contributed by atoms with E-state index >= 15 is 0 Å². The predicted octanol–water partition coefficient (Wildman–Crippen LogP) is 5.64. The van der Waals surface area contributed by atoms with Gasteiger partial charge in [0, 0.05) is 12.3 Å². The maximum atomic E-state index is 11.8. The summed E-state index contributed by atoms with van der Waals surface area (Å²) >= 11 is 0. The van der Waals surface area contributed by atoms with Crippen molar-refractivity contribution in [2.45, 2.75) is 18.7 Å². The maximum absolute atomic E-state index is 11.8. The van der Waals surface area contributed by atoms with E-state index in [2.05, 4.69) is 68.8 Å². The molecule has 0 radical (unpaired) electrons. The third kappa shape index (κ3) is 3.20. The van der Waals surface area contributed by atoms with Gasteiger partial charge >= 0.3 is 0 Å². The summed E-state index contributed by atoms with van der Waals surface area (Å²) in [5.41, 5.74) is 1.26. The van der Waals surface area contributed by atoms with Crippen LogP contribution >= 0.6 is 9.24 Å². The molecule has 25 heavy (non-hydrogen) atoms.